The largest absolute Gasteiger partial charge is 0.382 e. The summed E-state index contributed by atoms with van der Waals surface area (Å²) in [4.78, 5) is 15.3. The molecule has 35 heavy (non-hydrogen) atoms. The summed E-state index contributed by atoms with van der Waals surface area (Å²) < 4.78 is 60.0. The van der Waals surface area contributed by atoms with Crippen LogP contribution >= 0.6 is 11.6 Å². The van der Waals surface area contributed by atoms with Crippen molar-refractivity contribution in [2.24, 2.45) is 0 Å². The highest BCUT2D eigenvalue weighted by atomic mass is 35.5. The number of hydrogen-bond donors (Lipinski definition) is 1. The highest BCUT2D eigenvalue weighted by molar-refractivity contribution is 6.29. The van der Waals surface area contributed by atoms with E-state index in [1.54, 1.807) is 6.07 Å². The first-order chi connectivity index (χ1) is 16.6. The summed E-state index contributed by atoms with van der Waals surface area (Å²) in [5.74, 6) is -5.89. The Morgan fingerprint density at radius 1 is 0.971 bits per heavy atom. The Bertz CT molecular complexity index is 1360. The zero-order valence-electron chi connectivity index (χ0n) is 18.5. The van der Waals surface area contributed by atoms with Gasteiger partial charge in [-0.3, -0.25) is 4.68 Å². The van der Waals surface area contributed by atoms with E-state index < -0.39 is 45.9 Å². The molecule has 0 bridgehead atoms. The molecule has 0 aliphatic rings. The topological polar surface area (TPSA) is 89.6 Å². The van der Waals surface area contributed by atoms with Gasteiger partial charge in [-0.1, -0.05) is 31.5 Å². The third kappa shape index (κ3) is 4.61. The van der Waals surface area contributed by atoms with E-state index in [0.717, 1.165) is 24.8 Å². The third-order valence-electron chi connectivity index (χ3n) is 5.92. The first kappa shape index (κ1) is 24.7. The van der Waals surface area contributed by atoms with Crippen molar-refractivity contribution in [1.29, 1.82) is 0 Å². The molecule has 1 N–H and O–H groups in total. The van der Waals surface area contributed by atoms with E-state index in [0.29, 0.717) is 6.07 Å². The molecule has 3 aromatic heterocycles. The molecular formula is C23H19ClF4N6O. The number of benzene rings is 1. The van der Waals surface area contributed by atoms with Crippen molar-refractivity contribution < 1.29 is 22.7 Å². The normalized spacial score (nSPS) is 15.0. The molecule has 12 heteroatoms. The predicted octanol–water partition coefficient (Wildman–Crippen LogP) is 4.52. The predicted molar refractivity (Wildman–Crippen MR) is 117 cm³/mol. The van der Waals surface area contributed by atoms with Crippen molar-refractivity contribution in [1.82, 2.24) is 29.7 Å². The van der Waals surface area contributed by atoms with E-state index in [9.17, 15) is 18.3 Å². The Balaban J connectivity index is 1.82. The van der Waals surface area contributed by atoms with Crippen molar-refractivity contribution in [3.05, 3.63) is 100 Å². The summed E-state index contributed by atoms with van der Waals surface area (Å²) in [6.45, 7) is 2.61. The van der Waals surface area contributed by atoms with Gasteiger partial charge >= 0.3 is 0 Å². The van der Waals surface area contributed by atoms with Gasteiger partial charge in [0, 0.05) is 35.9 Å². The lowest BCUT2D eigenvalue weighted by Crippen LogP contribution is -2.39. The van der Waals surface area contributed by atoms with Crippen LogP contribution in [0.1, 0.15) is 48.3 Å². The van der Waals surface area contributed by atoms with Gasteiger partial charge in [0.25, 0.3) is 0 Å². The molecular weight excluding hydrogens is 488 g/mol. The number of aliphatic hydroxyl groups is 1. The van der Waals surface area contributed by atoms with Crippen molar-refractivity contribution in [3.8, 4) is 0 Å². The van der Waals surface area contributed by atoms with E-state index in [-0.39, 0.29) is 29.2 Å². The Morgan fingerprint density at radius 2 is 1.63 bits per heavy atom. The molecule has 3 unspecified atom stereocenters. The molecule has 0 amide bonds. The van der Waals surface area contributed by atoms with Crippen LogP contribution in [0, 0.1) is 23.3 Å². The summed E-state index contributed by atoms with van der Waals surface area (Å²) in [5.41, 5.74) is -3.04. The minimum atomic E-state index is -2.11. The standard InChI is InChI=1S/C23H19ClF4N6O/c1-12(20-18(28)22(24)32-11-30-20)19-17(27)21(31-10-29-19)13(2)23(35,9-34-7-3-6-33-34)15-5-4-14(25)8-16(15)26/h3-8,10-13,35H,9H2,1-2H3. The number of aromatic nitrogens is 6. The molecule has 4 rings (SSSR count). The second kappa shape index (κ2) is 9.67. The van der Waals surface area contributed by atoms with Gasteiger partial charge in [0.05, 0.1) is 23.6 Å². The second-order valence-corrected chi connectivity index (χ2v) is 8.38. The number of halogens is 5. The molecule has 0 fully saturated rings. The molecule has 7 nitrogen and oxygen atoms in total. The summed E-state index contributed by atoms with van der Waals surface area (Å²) in [6, 6.07) is 4.30. The Labute approximate surface area is 202 Å². The van der Waals surface area contributed by atoms with Gasteiger partial charge in [0.2, 0.25) is 0 Å². The molecule has 3 heterocycles. The van der Waals surface area contributed by atoms with Gasteiger partial charge < -0.3 is 5.11 Å². The quantitative estimate of drug-likeness (QED) is 0.293. The molecule has 4 aromatic rings. The maximum Gasteiger partial charge on any atom is 0.182 e. The average Bonchev–Trinajstić information content (AvgIpc) is 3.33. The smallest absolute Gasteiger partial charge is 0.182 e. The Kier molecular flexibility index (Phi) is 6.82. The van der Waals surface area contributed by atoms with Crippen LogP contribution < -0.4 is 0 Å². The minimum absolute atomic E-state index is 0.183. The summed E-state index contributed by atoms with van der Waals surface area (Å²) in [7, 11) is 0. The zero-order valence-corrected chi connectivity index (χ0v) is 19.3. The fourth-order valence-corrected chi connectivity index (χ4v) is 4.10. The fourth-order valence-electron chi connectivity index (χ4n) is 3.96. The van der Waals surface area contributed by atoms with Crippen LogP contribution in [0.15, 0.2) is 49.3 Å². The summed E-state index contributed by atoms with van der Waals surface area (Å²) >= 11 is 5.73. The highest BCUT2D eigenvalue weighted by Crippen LogP contribution is 2.41. The first-order valence-corrected chi connectivity index (χ1v) is 10.8. The molecule has 0 saturated carbocycles. The Morgan fingerprint density at radius 3 is 2.29 bits per heavy atom. The lowest BCUT2D eigenvalue weighted by Gasteiger charge is -2.35. The van der Waals surface area contributed by atoms with Crippen LogP contribution in [-0.4, -0.2) is 34.8 Å². The fraction of sp³-hybridized carbons (Fsp3) is 0.261. The minimum Gasteiger partial charge on any atom is -0.382 e. The van der Waals surface area contributed by atoms with Crippen LogP contribution in [0.2, 0.25) is 5.15 Å². The van der Waals surface area contributed by atoms with E-state index >= 15 is 4.39 Å². The first-order valence-electron chi connectivity index (χ1n) is 10.4. The van der Waals surface area contributed by atoms with Crippen LogP contribution in [0.25, 0.3) is 0 Å². The van der Waals surface area contributed by atoms with Crippen molar-refractivity contribution in [3.63, 3.8) is 0 Å². The van der Waals surface area contributed by atoms with Crippen LogP contribution in [0.4, 0.5) is 17.6 Å². The van der Waals surface area contributed by atoms with Gasteiger partial charge in [-0.25, -0.2) is 37.5 Å². The van der Waals surface area contributed by atoms with Gasteiger partial charge in [-0.2, -0.15) is 5.10 Å². The van der Waals surface area contributed by atoms with E-state index in [1.165, 1.54) is 30.9 Å². The van der Waals surface area contributed by atoms with Crippen LogP contribution in [0.5, 0.6) is 0 Å². The maximum atomic E-state index is 15.8. The monoisotopic (exact) mass is 506 g/mol. The summed E-state index contributed by atoms with van der Waals surface area (Å²) in [6.07, 6.45) is 5.08. The Hall–Kier alpha value is -3.44. The molecule has 0 spiro atoms. The second-order valence-electron chi connectivity index (χ2n) is 8.02. The van der Waals surface area contributed by atoms with E-state index in [2.05, 4.69) is 25.0 Å². The molecule has 0 aliphatic heterocycles. The molecule has 1 aromatic carbocycles. The zero-order chi connectivity index (χ0) is 25.3. The molecule has 3 atom stereocenters. The maximum absolute atomic E-state index is 15.8. The molecule has 0 saturated heterocycles. The third-order valence-corrected chi connectivity index (χ3v) is 6.19. The lowest BCUT2D eigenvalue weighted by molar-refractivity contribution is -0.0133. The number of rotatable bonds is 7. The van der Waals surface area contributed by atoms with Gasteiger partial charge in [-0.15, -0.1) is 0 Å². The van der Waals surface area contributed by atoms with Gasteiger partial charge in [0.15, 0.2) is 16.8 Å². The van der Waals surface area contributed by atoms with Gasteiger partial charge in [0.1, 0.15) is 29.9 Å². The number of hydrogen-bond acceptors (Lipinski definition) is 6. The molecule has 0 radical (unpaired) electrons. The highest BCUT2D eigenvalue weighted by Gasteiger charge is 2.42. The van der Waals surface area contributed by atoms with E-state index in [1.807, 2.05) is 0 Å². The van der Waals surface area contributed by atoms with Crippen LogP contribution in [-0.2, 0) is 12.1 Å². The van der Waals surface area contributed by atoms with Crippen molar-refractivity contribution >= 4 is 11.6 Å². The van der Waals surface area contributed by atoms with Crippen molar-refractivity contribution in [2.45, 2.75) is 37.8 Å². The SMILES string of the molecule is CC(c1ncnc(Cl)c1F)c1ncnc(C(C)C(O)(Cn2cccn2)c2ccc(F)cc2F)c1F. The van der Waals surface area contributed by atoms with E-state index in [4.69, 9.17) is 11.6 Å². The number of nitrogens with zero attached hydrogens (tertiary/aromatic N) is 6. The van der Waals surface area contributed by atoms with Gasteiger partial charge in [-0.05, 0) is 12.1 Å². The molecule has 0 aliphatic carbocycles. The van der Waals surface area contributed by atoms with Crippen LogP contribution in [0.3, 0.4) is 0 Å². The average molecular weight is 507 g/mol. The summed E-state index contributed by atoms with van der Waals surface area (Å²) in [5, 5.41) is 15.4. The molecule has 182 valence electrons. The van der Waals surface area contributed by atoms with Crippen molar-refractivity contribution in [2.75, 3.05) is 0 Å². The lowest BCUT2D eigenvalue weighted by atomic mass is 9.79.